The van der Waals surface area contributed by atoms with Crippen LogP contribution >= 0.6 is 0 Å². The largest absolute Gasteiger partial charge is 0.505 e. The highest BCUT2D eigenvalue weighted by molar-refractivity contribution is 5.60. The van der Waals surface area contributed by atoms with Crippen molar-refractivity contribution in [3.05, 3.63) is 53.8 Å². The van der Waals surface area contributed by atoms with Gasteiger partial charge in [-0.15, -0.1) is 0 Å². The summed E-state index contributed by atoms with van der Waals surface area (Å²) >= 11 is 0. The Balaban J connectivity index is 1.93. The molecule has 0 amide bonds. The number of nitrogens with two attached hydrogens (primary N) is 1. The van der Waals surface area contributed by atoms with Crippen LogP contribution in [0.2, 0.25) is 0 Å². The fraction of sp³-hybridized carbons (Fsp3) is 0.0667. The van der Waals surface area contributed by atoms with Gasteiger partial charge >= 0.3 is 0 Å². The van der Waals surface area contributed by atoms with Crippen molar-refractivity contribution < 1.29 is 14.0 Å². The van der Waals surface area contributed by atoms with Crippen molar-refractivity contribution in [2.45, 2.75) is 6.54 Å². The summed E-state index contributed by atoms with van der Waals surface area (Å²) in [5.41, 5.74) is 7.72. The maximum absolute atomic E-state index is 13.3. The Morgan fingerprint density at radius 1 is 1.10 bits per heavy atom. The number of rotatable bonds is 3. The summed E-state index contributed by atoms with van der Waals surface area (Å²) in [4.78, 5) is 4.22. The first-order valence-electron chi connectivity index (χ1n) is 6.29. The van der Waals surface area contributed by atoms with Gasteiger partial charge in [0, 0.05) is 17.7 Å². The van der Waals surface area contributed by atoms with E-state index in [0.717, 1.165) is 17.2 Å². The van der Waals surface area contributed by atoms with E-state index in [-0.39, 0.29) is 5.82 Å². The molecule has 0 spiro atoms. The number of hydrogen-bond acceptors (Lipinski definition) is 5. The number of phenols is 1. The summed E-state index contributed by atoms with van der Waals surface area (Å²) in [6, 6.07) is 11.3. The molecule has 0 fully saturated rings. The van der Waals surface area contributed by atoms with Gasteiger partial charge in [-0.2, -0.15) is 4.98 Å². The summed E-state index contributed by atoms with van der Waals surface area (Å²) in [5, 5.41) is 13.0. The fourth-order valence-electron chi connectivity index (χ4n) is 1.89. The van der Waals surface area contributed by atoms with Gasteiger partial charge in [0.15, 0.2) is 11.6 Å². The lowest BCUT2D eigenvalue weighted by molar-refractivity contribution is 0.430. The monoisotopic (exact) mass is 285 g/mol. The molecule has 0 aliphatic carbocycles. The molecule has 3 N–H and O–H groups in total. The van der Waals surface area contributed by atoms with Crippen molar-refractivity contribution in [3.63, 3.8) is 0 Å². The van der Waals surface area contributed by atoms with Gasteiger partial charge in [0.2, 0.25) is 5.82 Å². The third kappa shape index (κ3) is 2.61. The van der Waals surface area contributed by atoms with E-state index in [9.17, 15) is 9.50 Å². The van der Waals surface area contributed by atoms with Gasteiger partial charge < -0.3 is 15.4 Å². The zero-order valence-corrected chi connectivity index (χ0v) is 11.0. The Kier molecular flexibility index (Phi) is 3.37. The highest BCUT2D eigenvalue weighted by Crippen LogP contribution is 2.25. The van der Waals surface area contributed by atoms with Crippen molar-refractivity contribution in [3.8, 4) is 28.6 Å². The van der Waals surface area contributed by atoms with Crippen LogP contribution in [-0.4, -0.2) is 15.2 Å². The molecule has 1 heterocycles. The van der Waals surface area contributed by atoms with Crippen LogP contribution in [0.25, 0.3) is 22.8 Å². The first kappa shape index (κ1) is 13.3. The second-order valence-corrected chi connectivity index (χ2v) is 4.49. The number of hydrogen-bond donors (Lipinski definition) is 2. The quantitative estimate of drug-likeness (QED) is 0.772. The molecule has 2 aromatic carbocycles. The molecular formula is C15H12FN3O2. The van der Waals surface area contributed by atoms with Crippen molar-refractivity contribution in [2.24, 2.45) is 5.73 Å². The van der Waals surface area contributed by atoms with Crippen LogP contribution in [0, 0.1) is 5.82 Å². The molecule has 106 valence electrons. The summed E-state index contributed by atoms with van der Waals surface area (Å²) in [7, 11) is 0. The van der Waals surface area contributed by atoms with Crippen molar-refractivity contribution in [1.82, 2.24) is 10.1 Å². The van der Waals surface area contributed by atoms with E-state index in [4.69, 9.17) is 10.3 Å². The van der Waals surface area contributed by atoms with E-state index < -0.39 is 11.6 Å². The lowest BCUT2D eigenvalue weighted by atomic mass is 10.1. The molecule has 0 atom stereocenters. The highest BCUT2D eigenvalue weighted by Gasteiger charge is 2.12. The Morgan fingerprint density at radius 3 is 2.48 bits per heavy atom. The van der Waals surface area contributed by atoms with E-state index in [1.54, 1.807) is 0 Å². The molecule has 3 aromatic rings. The second-order valence-electron chi connectivity index (χ2n) is 4.49. The van der Waals surface area contributed by atoms with Crippen molar-refractivity contribution >= 4 is 0 Å². The Bertz CT molecular complexity index is 769. The van der Waals surface area contributed by atoms with E-state index >= 15 is 0 Å². The van der Waals surface area contributed by atoms with Gasteiger partial charge in [0.05, 0.1) is 0 Å². The molecule has 0 radical (unpaired) electrons. The van der Waals surface area contributed by atoms with Crippen LogP contribution in [-0.2, 0) is 6.54 Å². The lowest BCUT2D eigenvalue weighted by Gasteiger charge is -1.98. The van der Waals surface area contributed by atoms with Gasteiger partial charge in [0.25, 0.3) is 5.89 Å². The topological polar surface area (TPSA) is 85.2 Å². The summed E-state index contributed by atoms with van der Waals surface area (Å²) < 4.78 is 18.5. The van der Waals surface area contributed by atoms with E-state index in [1.807, 2.05) is 24.3 Å². The van der Waals surface area contributed by atoms with E-state index in [2.05, 4.69) is 10.1 Å². The Morgan fingerprint density at radius 2 is 1.81 bits per heavy atom. The minimum Gasteiger partial charge on any atom is -0.505 e. The van der Waals surface area contributed by atoms with Gasteiger partial charge in [-0.1, -0.05) is 17.3 Å². The van der Waals surface area contributed by atoms with Crippen LogP contribution in [0.1, 0.15) is 5.56 Å². The second kappa shape index (κ2) is 5.34. The summed E-state index contributed by atoms with van der Waals surface area (Å²) in [5.74, 6) is -0.556. The molecule has 21 heavy (non-hydrogen) atoms. The Hall–Kier alpha value is -2.73. The van der Waals surface area contributed by atoms with Gasteiger partial charge in [-0.3, -0.25) is 0 Å². The molecule has 0 aliphatic heterocycles. The van der Waals surface area contributed by atoms with Crippen LogP contribution in [0.15, 0.2) is 47.0 Å². The number of benzene rings is 2. The van der Waals surface area contributed by atoms with Crippen molar-refractivity contribution in [2.75, 3.05) is 0 Å². The lowest BCUT2D eigenvalue weighted by Crippen LogP contribution is -1.95. The predicted octanol–water partition coefficient (Wildman–Crippen LogP) is 2.71. The first-order chi connectivity index (χ1) is 10.2. The average Bonchev–Trinajstić information content (AvgIpc) is 3.00. The normalized spacial score (nSPS) is 10.8. The zero-order valence-electron chi connectivity index (χ0n) is 11.0. The third-order valence-electron chi connectivity index (χ3n) is 3.07. The number of aromatic hydroxyl groups is 1. The molecule has 5 nitrogen and oxygen atoms in total. The number of phenolic OH excluding ortho intramolecular Hbond substituents is 1. The Labute approximate surface area is 119 Å². The molecule has 1 aromatic heterocycles. The molecule has 0 aliphatic rings. The van der Waals surface area contributed by atoms with Crippen LogP contribution in [0.4, 0.5) is 4.39 Å². The fourth-order valence-corrected chi connectivity index (χ4v) is 1.89. The van der Waals surface area contributed by atoms with Gasteiger partial charge in [-0.05, 0) is 35.9 Å². The maximum Gasteiger partial charge on any atom is 0.258 e. The average molecular weight is 285 g/mol. The SMILES string of the molecule is NCc1ccc(-c2nc(-c3ccc(O)c(F)c3)no2)cc1. The standard InChI is InChI=1S/C15H12FN3O2/c16-12-7-11(5-6-13(12)20)14-18-15(21-19-14)10-3-1-9(8-17)2-4-10/h1-7,20H,8,17H2. The smallest absolute Gasteiger partial charge is 0.258 e. The molecule has 3 rings (SSSR count). The van der Waals surface area contributed by atoms with Crippen molar-refractivity contribution in [1.29, 1.82) is 0 Å². The molecule has 6 heteroatoms. The number of aromatic nitrogens is 2. The molecular weight excluding hydrogens is 273 g/mol. The highest BCUT2D eigenvalue weighted by atomic mass is 19.1. The zero-order chi connectivity index (χ0) is 14.8. The van der Waals surface area contributed by atoms with E-state index in [1.165, 1.54) is 12.1 Å². The third-order valence-corrected chi connectivity index (χ3v) is 3.07. The summed E-state index contributed by atoms with van der Waals surface area (Å²) in [6.45, 7) is 0.460. The number of nitrogens with zero attached hydrogens (tertiary/aromatic N) is 2. The molecule has 0 saturated heterocycles. The molecule has 0 unspecified atom stereocenters. The minimum absolute atomic E-state index is 0.256. The summed E-state index contributed by atoms with van der Waals surface area (Å²) in [6.07, 6.45) is 0. The van der Waals surface area contributed by atoms with Gasteiger partial charge in [-0.25, -0.2) is 4.39 Å². The van der Waals surface area contributed by atoms with Gasteiger partial charge in [0.1, 0.15) is 0 Å². The first-order valence-corrected chi connectivity index (χ1v) is 6.29. The van der Waals surface area contributed by atoms with Crippen LogP contribution in [0.5, 0.6) is 5.75 Å². The molecule has 0 saturated carbocycles. The van der Waals surface area contributed by atoms with E-state index in [0.29, 0.717) is 18.0 Å². The maximum atomic E-state index is 13.3. The number of halogens is 1. The van der Waals surface area contributed by atoms with Crippen LogP contribution < -0.4 is 5.73 Å². The molecule has 0 bridgehead atoms. The predicted molar refractivity (Wildman–Crippen MR) is 74.7 cm³/mol. The van der Waals surface area contributed by atoms with Crippen LogP contribution in [0.3, 0.4) is 0 Å². The minimum atomic E-state index is -0.730.